The number of carbonyl (C=O) groups is 2. The highest BCUT2D eigenvalue weighted by atomic mass is 16.4. The van der Waals surface area contributed by atoms with E-state index in [4.69, 9.17) is 10.2 Å². The van der Waals surface area contributed by atoms with Crippen molar-refractivity contribution in [2.45, 2.75) is 6.04 Å². The van der Waals surface area contributed by atoms with Crippen LogP contribution in [0.15, 0.2) is 18.6 Å². The molecule has 0 atom stereocenters. The van der Waals surface area contributed by atoms with Crippen LogP contribution in [-0.4, -0.2) is 38.2 Å². The van der Waals surface area contributed by atoms with Crippen LogP contribution < -0.4 is 5.32 Å². The molecular formula is C7H7N3O4. The summed E-state index contributed by atoms with van der Waals surface area (Å²) < 4.78 is 0. The van der Waals surface area contributed by atoms with Gasteiger partial charge in [0.2, 0.25) is 6.04 Å². The molecule has 0 amide bonds. The van der Waals surface area contributed by atoms with Gasteiger partial charge < -0.3 is 15.5 Å². The first-order valence-corrected chi connectivity index (χ1v) is 3.59. The van der Waals surface area contributed by atoms with E-state index < -0.39 is 18.0 Å². The van der Waals surface area contributed by atoms with Crippen molar-refractivity contribution < 1.29 is 19.8 Å². The second-order valence-electron chi connectivity index (χ2n) is 2.35. The zero-order chi connectivity index (χ0) is 10.6. The average Bonchev–Trinajstić information content (AvgIpc) is 2.15. The van der Waals surface area contributed by atoms with Gasteiger partial charge in [-0.05, 0) is 6.07 Å². The van der Waals surface area contributed by atoms with E-state index in [-0.39, 0.29) is 5.82 Å². The fraction of sp³-hybridized carbons (Fsp3) is 0.143. The highest BCUT2D eigenvalue weighted by Crippen LogP contribution is 2.01. The van der Waals surface area contributed by atoms with Crippen LogP contribution in [0.4, 0.5) is 5.82 Å². The summed E-state index contributed by atoms with van der Waals surface area (Å²) in [6.07, 6.45) is 2.55. The summed E-state index contributed by atoms with van der Waals surface area (Å²) in [6.45, 7) is 0. The molecule has 0 fully saturated rings. The lowest BCUT2D eigenvalue weighted by molar-refractivity contribution is -0.148. The Morgan fingerprint density at radius 3 is 2.43 bits per heavy atom. The number of carboxylic acids is 2. The molecule has 7 heteroatoms. The van der Waals surface area contributed by atoms with Crippen molar-refractivity contribution in [3.05, 3.63) is 18.6 Å². The second-order valence-corrected chi connectivity index (χ2v) is 2.35. The first-order valence-electron chi connectivity index (χ1n) is 3.59. The van der Waals surface area contributed by atoms with Crippen LogP contribution in [-0.2, 0) is 9.59 Å². The smallest absolute Gasteiger partial charge is 0.337 e. The van der Waals surface area contributed by atoms with E-state index >= 15 is 0 Å². The minimum atomic E-state index is -1.70. The zero-order valence-electron chi connectivity index (χ0n) is 6.91. The van der Waals surface area contributed by atoms with Gasteiger partial charge >= 0.3 is 11.9 Å². The number of aliphatic carboxylic acids is 2. The van der Waals surface area contributed by atoms with Crippen molar-refractivity contribution in [2.75, 3.05) is 5.32 Å². The van der Waals surface area contributed by atoms with Crippen molar-refractivity contribution in [1.29, 1.82) is 0 Å². The minimum Gasteiger partial charge on any atom is -0.479 e. The van der Waals surface area contributed by atoms with E-state index in [1.165, 1.54) is 18.6 Å². The van der Waals surface area contributed by atoms with Crippen molar-refractivity contribution in [1.82, 2.24) is 9.97 Å². The van der Waals surface area contributed by atoms with Gasteiger partial charge in [0.25, 0.3) is 0 Å². The van der Waals surface area contributed by atoms with Gasteiger partial charge in [0.05, 0.1) is 0 Å². The Hall–Kier alpha value is -2.18. The molecule has 1 aromatic heterocycles. The van der Waals surface area contributed by atoms with Crippen LogP contribution in [0.25, 0.3) is 0 Å². The van der Waals surface area contributed by atoms with Crippen LogP contribution in [0, 0.1) is 0 Å². The number of nitrogens with one attached hydrogen (secondary N) is 1. The number of aromatic nitrogens is 2. The van der Waals surface area contributed by atoms with Crippen LogP contribution in [0.1, 0.15) is 0 Å². The Kier molecular flexibility index (Phi) is 2.95. The van der Waals surface area contributed by atoms with Crippen LogP contribution in [0.5, 0.6) is 0 Å². The number of rotatable bonds is 4. The van der Waals surface area contributed by atoms with Gasteiger partial charge in [0, 0.05) is 6.20 Å². The molecule has 0 unspecified atom stereocenters. The van der Waals surface area contributed by atoms with Gasteiger partial charge in [-0.25, -0.2) is 19.6 Å². The molecule has 0 aromatic carbocycles. The highest BCUT2D eigenvalue weighted by Gasteiger charge is 2.25. The molecular weight excluding hydrogens is 190 g/mol. The summed E-state index contributed by atoms with van der Waals surface area (Å²) in [5, 5.41) is 19.3. The van der Waals surface area contributed by atoms with Crippen LogP contribution in [0.3, 0.4) is 0 Å². The predicted octanol–water partition coefficient (Wildman–Crippen LogP) is -0.574. The summed E-state index contributed by atoms with van der Waals surface area (Å²) in [5.74, 6) is -2.80. The maximum absolute atomic E-state index is 10.5. The topological polar surface area (TPSA) is 112 Å². The van der Waals surface area contributed by atoms with E-state index in [2.05, 4.69) is 15.3 Å². The van der Waals surface area contributed by atoms with Crippen LogP contribution >= 0.6 is 0 Å². The van der Waals surface area contributed by atoms with E-state index in [9.17, 15) is 9.59 Å². The highest BCUT2D eigenvalue weighted by molar-refractivity contribution is 5.99. The molecule has 3 N–H and O–H groups in total. The second kappa shape index (κ2) is 4.17. The largest absolute Gasteiger partial charge is 0.479 e. The number of carboxylic acid groups (broad SMARTS) is 2. The summed E-state index contributed by atoms with van der Waals surface area (Å²) in [7, 11) is 0. The summed E-state index contributed by atoms with van der Waals surface area (Å²) in [6, 6.07) is -0.330. The quantitative estimate of drug-likeness (QED) is 0.553. The van der Waals surface area contributed by atoms with Gasteiger partial charge in [-0.2, -0.15) is 0 Å². The lowest BCUT2D eigenvalue weighted by Crippen LogP contribution is -2.37. The molecule has 74 valence electrons. The minimum absolute atomic E-state index is 0.148. The van der Waals surface area contributed by atoms with Gasteiger partial charge in [-0.1, -0.05) is 0 Å². The molecule has 7 nitrogen and oxygen atoms in total. The fourth-order valence-electron chi connectivity index (χ4n) is 0.753. The maximum atomic E-state index is 10.5. The molecule has 0 aliphatic carbocycles. The van der Waals surface area contributed by atoms with Crippen molar-refractivity contribution >= 4 is 17.8 Å². The number of hydrogen-bond donors (Lipinski definition) is 3. The number of hydrogen-bond acceptors (Lipinski definition) is 5. The Balaban J connectivity index is 2.75. The van der Waals surface area contributed by atoms with Crippen molar-refractivity contribution in [3.63, 3.8) is 0 Å². The molecule has 1 aromatic rings. The van der Waals surface area contributed by atoms with Gasteiger partial charge in [0.15, 0.2) is 0 Å². The SMILES string of the molecule is O=C(O)C(Nc1ccncn1)C(=O)O. The lowest BCUT2D eigenvalue weighted by atomic mass is 10.3. The van der Waals surface area contributed by atoms with Gasteiger partial charge in [0.1, 0.15) is 12.1 Å². The van der Waals surface area contributed by atoms with E-state index in [0.717, 1.165) is 0 Å². The third kappa shape index (κ3) is 2.41. The molecule has 0 bridgehead atoms. The molecule has 1 heterocycles. The molecule has 1 rings (SSSR count). The first kappa shape index (κ1) is 9.90. The molecule has 0 aliphatic heterocycles. The van der Waals surface area contributed by atoms with Crippen LogP contribution in [0.2, 0.25) is 0 Å². The number of anilines is 1. The standard InChI is InChI=1S/C7H7N3O4/c11-6(12)5(7(13)14)10-4-1-2-8-3-9-4/h1-3,5H,(H,11,12)(H,13,14)(H,8,9,10). The Morgan fingerprint density at radius 1 is 1.36 bits per heavy atom. The zero-order valence-corrected chi connectivity index (χ0v) is 6.91. The van der Waals surface area contributed by atoms with Crippen molar-refractivity contribution in [2.24, 2.45) is 0 Å². The van der Waals surface area contributed by atoms with E-state index in [1.807, 2.05) is 0 Å². The predicted molar refractivity (Wildman–Crippen MR) is 44.7 cm³/mol. The summed E-state index contributed by atoms with van der Waals surface area (Å²) in [4.78, 5) is 28.1. The van der Waals surface area contributed by atoms with Gasteiger partial charge in [-0.15, -0.1) is 0 Å². The van der Waals surface area contributed by atoms with E-state index in [1.54, 1.807) is 0 Å². The monoisotopic (exact) mass is 197 g/mol. The number of nitrogens with zero attached hydrogens (tertiary/aromatic N) is 2. The third-order valence-corrected chi connectivity index (χ3v) is 1.37. The molecule has 0 spiro atoms. The summed E-state index contributed by atoms with van der Waals surface area (Å²) >= 11 is 0. The molecule has 0 saturated heterocycles. The van der Waals surface area contributed by atoms with E-state index in [0.29, 0.717) is 0 Å². The Morgan fingerprint density at radius 2 is 2.00 bits per heavy atom. The first-order chi connectivity index (χ1) is 6.61. The lowest BCUT2D eigenvalue weighted by Gasteiger charge is -2.09. The molecule has 0 aliphatic rings. The normalized spacial score (nSPS) is 9.79. The third-order valence-electron chi connectivity index (χ3n) is 1.37. The summed E-state index contributed by atoms with van der Waals surface area (Å²) in [5.41, 5.74) is 0. The van der Waals surface area contributed by atoms with Gasteiger partial charge in [-0.3, -0.25) is 0 Å². The molecule has 14 heavy (non-hydrogen) atoms. The van der Waals surface area contributed by atoms with Crippen molar-refractivity contribution in [3.8, 4) is 0 Å². The molecule has 0 radical (unpaired) electrons. The maximum Gasteiger partial charge on any atom is 0.337 e. The molecule has 0 saturated carbocycles. The Bertz CT molecular complexity index is 326. The fourth-order valence-corrected chi connectivity index (χ4v) is 0.753. The Labute approximate surface area is 78.4 Å². The average molecular weight is 197 g/mol.